The van der Waals surface area contributed by atoms with E-state index in [-0.39, 0.29) is 44.0 Å². The molecule has 0 saturated heterocycles. The average Bonchev–Trinajstić information content (AvgIpc) is 3.50. The van der Waals surface area contributed by atoms with E-state index in [1.54, 1.807) is 23.6 Å². The molecule has 1 amide bonds. The molecule has 0 radical (unpaired) electrons. The quantitative estimate of drug-likeness (QED) is 0.192. The summed E-state index contributed by atoms with van der Waals surface area (Å²) in [4.78, 5) is 46.9. The third-order valence-corrected chi connectivity index (χ3v) is 5.94. The zero-order valence-corrected chi connectivity index (χ0v) is 23.5. The van der Waals surface area contributed by atoms with Gasteiger partial charge < -0.3 is 31.1 Å². The molecule has 1 aromatic carbocycles. The van der Waals surface area contributed by atoms with E-state index in [1.165, 1.54) is 29.5 Å². The molecule has 0 spiro atoms. The lowest BCUT2D eigenvalue weighted by atomic mass is 10.2. The van der Waals surface area contributed by atoms with Crippen LogP contribution in [-0.2, 0) is 21.0 Å². The van der Waals surface area contributed by atoms with E-state index in [9.17, 15) is 13.6 Å². The van der Waals surface area contributed by atoms with Crippen LogP contribution in [0.25, 0.3) is 5.65 Å². The van der Waals surface area contributed by atoms with Crippen molar-refractivity contribution in [2.24, 2.45) is 5.73 Å². The van der Waals surface area contributed by atoms with E-state index in [0.717, 1.165) is 16.3 Å². The number of carboxylic acid groups (broad SMARTS) is 3. The second kappa shape index (κ2) is 17.7. The summed E-state index contributed by atoms with van der Waals surface area (Å²) in [5.74, 6) is -1.41. The van der Waals surface area contributed by atoms with E-state index in [0.29, 0.717) is 22.8 Å². The first-order valence-corrected chi connectivity index (χ1v) is 12.6. The monoisotopic (exact) mass is 609 g/mol. The van der Waals surface area contributed by atoms with E-state index in [4.69, 9.17) is 40.2 Å². The minimum Gasteiger partial charge on any atom is -0.485 e. The molecule has 0 saturated carbocycles. The van der Waals surface area contributed by atoms with Gasteiger partial charge in [0.2, 0.25) is 0 Å². The van der Waals surface area contributed by atoms with Crippen molar-refractivity contribution in [2.45, 2.75) is 33.4 Å². The SMILES string of the molecule is Cc1cc(OCc2c(F)cccc2F)c2nc(C)c(C(=O)NCC(N)c3csc(C)n3)n2c1.O=CO.O=CO.O=CO. The number of nitrogens with two attached hydrogens (primary N) is 1. The lowest BCUT2D eigenvalue weighted by Gasteiger charge is -2.12. The number of carbonyl (C=O) groups is 4. The number of nitrogens with one attached hydrogen (secondary N) is 1. The van der Waals surface area contributed by atoms with Gasteiger partial charge in [-0.25, -0.2) is 18.7 Å². The average molecular weight is 610 g/mol. The Morgan fingerprint density at radius 2 is 1.67 bits per heavy atom. The van der Waals surface area contributed by atoms with Crippen LogP contribution in [0.1, 0.15) is 44.1 Å². The molecule has 4 rings (SSSR count). The van der Waals surface area contributed by atoms with Gasteiger partial charge in [0.15, 0.2) is 11.4 Å². The van der Waals surface area contributed by atoms with Gasteiger partial charge in [0.1, 0.15) is 23.9 Å². The highest BCUT2D eigenvalue weighted by atomic mass is 32.1. The van der Waals surface area contributed by atoms with Crippen molar-refractivity contribution < 1.29 is 48.0 Å². The predicted molar refractivity (Wildman–Crippen MR) is 148 cm³/mol. The number of aryl methyl sites for hydroxylation is 3. The lowest BCUT2D eigenvalue weighted by molar-refractivity contribution is -0.123. The molecule has 13 nitrogen and oxygen atoms in total. The highest BCUT2D eigenvalue weighted by Gasteiger charge is 2.21. The minimum absolute atomic E-state index is 0.176. The first-order chi connectivity index (χ1) is 20.0. The van der Waals surface area contributed by atoms with Crippen molar-refractivity contribution in [1.29, 1.82) is 0 Å². The van der Waals surface area contributed by atoms with Crippen LogP contribution in [0, 0.1) is 32.4 Å². The first kappa shape index (κ1) is 35.1. The maximum Gasteiger partial charge on any atom is 0.290 e. The summed E-state index contributed by atoms with van der Waals surface area (Å²) in [6, 6.07) is 4.92. The first-order valence-electron chi connectivity index (χ1n) is 11.7. The van der Waals surface area contributed by atoms with Crippen LogP contribution >= 0.6 is 11.3 Å². The molecule has 3 heterocycles. The van der Waals surface area contributed by atoms with Crippen LogP contribution in [-0.4, -0.2) is 61.6 Å². The van der Waals surface area contributed by atoms with Crippen LogP contribution in [0.4, 0.5) is 8.78 Å². The van der Waals surface area contributed by atoms with Gasteiger partial charge in [-0.1, -0.05) is 6.07 Å². The number of fused-ring (bicyclic) bond motifs is 1. The third-order valence-electron chi connectivity index (χ3n) is 5.15. The Morgan fingerprint density at radius 1 is 1.10 bits per heavy atom. The number of carbonyl (C=O) groups excluding carboxylic acids is 1. The molecule has 0 aliphatic rings. The molecule has 42 heavy (non-hydrogen) atoms. The van der Waals surface area contributed by atoms with Crippen molar-refractivity contribution in [3.05, 3.63) is 80.7 Å². The topological polar surface area (TPSA) is 206 Å². The third kappa shape index (κ3) is 9.90. The highest BCUT2D eigenvalue weighted by molar-refractivity contribution is 7.09. The number of amides is 1. The van der Waals surface area contributed by atoms with Crippen LogP contribution in [0.15, 0.2) is 35.8 Å². The Morgan fingerprint density at radius 3 is 2.19 bits per heavy atom. The molecular formula is C26H29F2N5O8S. The summed E-state index contributed by atoms with van der Waals surface area (Å²) >= 11 is 1.50. The summed E-state index contributed by atoms with van der Waals surface area (Å²) in [7, 11) is 0. The predicted octanol–water partition coefficient (Wildman–Crippen LogP) is 3.11. The van der Waals surface area contributed by atoms with E-state index in [2.05, 4.69) is 15.3 Å². The Balaban J connectivity index is 0.000000872. The maximum absolute atomic E-state index is 14.0. The number of pyridine rings is 1. The minimum atomic E-state index is -0.690. The molecule has 3 aromatic heterocycles. The Bertz CT molecular complexity index is 1460. The molecule has 0 fully saturated rings. The number of nitrogens with zero attached hydrogens (tertiary/aromatic N) is 3. The number of ether oxygens (including phenoxy) is 1. The molecule has 226 valence electrons. The van der Waals surface area contributed by atoms with Gasteiger partial charge in [-0.2, -0.15) is 0 Å². The van der Waals surface area contributed by atoms with Gasteiger partial charge in [-0.3, -0.25) is 23.6 Å². The van der Waals surface area contributed by atoms with Crippen molar-refractivity contribution >= 4 is 42.3 Å². The summed E-state index contributed by atoms with van der Waals surface area (Å²) in [6.45, 7) is 4.57. The van der Waals surface area contributed by atoms with E-state index < -0.39 is 17.7 Å². The number of hydrogen-bond acceptors (Lipinski definition) is 9. The van der Waals surface area contributed by atoms with Crippen molar-refractivity contribution in [3.63, 3.8) is 0 Å². The number of thiazole rings is 1. The van der Waals surface area contributed by atoms with Crippen LogP contribution in [0.3, 0.4) is 0 Å². The maximum atomic E-state index is 14.0. The van der Waals surface area contributed by atoms with Crippen LogP contribution < -0.4 is 15.8 Å². The zero-order valence-electron chi connectivity index (χ0n) is 22.7. The molecule has 4 aromatic rings. The summed E-state index contributed by atoms with van der Waals surface area (Å²) < 4.78 is 35.3. The van der Waals surface area contributed by atoms with Gasteiger partial charge in [0, 0.05) is 18.1 Å². The smallest absolute Gasteiger partial charge is 0.290 e. The van der Waals surface area contributed by atoms with Gasteiger partial charge in [-0.05, 0) is 44.5 Å². The summed E-state index contributed by atoms with van der Waals surface area (Å²) in [5.41, 5.74) is 8.67. The molecule has 1 unspecified atom stereocenters. The lowest BCUT2D eigenvalue weighted by Crippen LogP contribution is -2.33. The largest absolute Gasteiger partial charge is 0.485 e. The fourth-order valence-electron chi connectivity index (χ4n) is 3.50. The molecular weight excluding hydrogens is 580 g/mol. The molecule has 0 aliphatic carbocycles. The zero-order chi connectivity index (χ0) is 31.8. The number of halogens is 2. The van der Waals surface area contributed by atoms with E-state index >= 15 is 0 Å². The second-order valence-corrected chi connectivity index (χ2v) is 9.10. The van der Waals surface area contributed by atoms with Crippen LogP contribution in [0.5, 0.6) is 5.75 Å². The molecule has 1 atom stereocenters. The fourth-order valence-corrected chi connectivity index (χ4v) is 4.18. The Hall–Kier alpha value is -4.96. The standard InChI is InChI=1S/C23H23F2N5O2S.3CH2O2/c1-12-7-20(32-10-15-16(24)5-4-6-17(15)25)22-28-13(2)21(30(22)9-12)23(31)27-8-18(26)19-11-33-14(3)29-19;3*2-1-3/h4-7,9,11,18H,8,10,26H2,1-3H3,(H,27,31);3*1H,(H,2,3). The number of rotatable bonds is 7. The number of imidazole rings is 1. The normalized spacial score (nSPS) is 10.4. The van der Waals surface area contributed by atoms with Gasteiger partial charge in [-0.15, -0.1) is 11.3 Å². The second-order valence-electron chi connectivity index (χ2n) is 8.03. The number of hydrogen-bond donors (Lipinski definition) is 5. The molecule has 0 bridgehead atoms. The molecule has 0 aliphatic heterocycles. The van der Waals surface area contributed by atoms with Crippen molar-refractivity contribution in [1.82, 2.24) is 19.7 Å². The highest BCUT2D eigenvalue weighted by Crippen LogP contribution is 2.26. The molecule has 16 heteroatoms. The Kier molecular flexibility index (Phi) is 14.8. The van der Waals surface area contributed by atoms with Gasteiger partial charge in [0.05, 0.1) is 28.0 Å². The summed E-state index contributed by atoms with van der Waals surface area (Å²) in [6.07, 6.45) is 1.75. The number of benzene rings is 1. The molecule has 6 N–H and O–H groups in total. The van der Waals surface area contributed by atoms with E-state index in [1.807, 2.05) is 19.2 Å². The van der Waals surface area contributed by atoms with Crippen molar-refractivity contribution in [3.8, 4) is 5.75 Å². The number of aromatic nitrogens is 3. The summed E-state index contributed by atoms with van der Waals surface area (Å²) in [5, 5.41) is 26.3. The van der Waals surface area contributed by atoms with Gasteiger partial charge >= 0.3 is 0 Å². The van der Waals surface area contributed by atoms with Crippen LogP contribution in [0.2, 0.25) is 0 Å². The van der Waals surface area contributed by atoms with Gasteiger partial charge in [0.25, 0.3) is 25.3 Å². The Labute approximate surface area is 242 Å². The van der Waals surface area contributed by atoms with Crippen molar-refractivity contribution in [2.75, 3.05) is 6.54 Å². The fraction of sp³-hybridized carbons (Fsp3) is 0.231.